The van der Waals surface area contributed by atoms with Crippen LogP contribution in [0.5, 0.6) is 5.75 Å². The van der Waals surface area contributed by atoms with Gasteiger partial charge in [-0.25, -0.2) is 8.42 Å². The number of H-pyrrole nitrogens is 1. The number of aromatic nitrogens is 2. The van der Waals surface area contributed by atoms with Crippen molar-refractivity contribution in [1.29, 1.82) is 0 Å². The lowest BCUT2D eigenvalue weighted by Gasteiger charge is -2.44. The number of hydrogen-bond acceptors (Lipinski definition) is 5. The highest BCUT2D eigenvalue weighted by molar-refractivity contribution is 7.92. The molecule has 0 saturated carbocycles. The number of hydrogen-bond donors (Lipinski definition) is 1. The summed E-state index contributed by atoms with van der Waals surface area (Å²) in [6.45, 7) is 8.20. The molecule has 1 aromatic heterocycles. The van der Waals surface area contributed by atoms with Crippen LogP contribution in [0.2, 0.25) is 0 Å². The summed E-state index contributed by atoms with van der Waals surface area (Å²) >= 11 is 0. The Morgan fingerprint density at radius 2 is 1.82 bits per heavy atom. The van der Waals surface area contributed by atoms with Crippen molar-refractivity contribution in [3.05, 3.63) is 64.8 Å². The van der Waals surface area contributed by atoms with Crippen molar-refractivity contribution in [2.24, 2.45) is 0 Å². The van der Waals surface area contributed by atoms with Crippen LogP contribution in [0.15, 0.2) is 47.4 Å². The number of fused-ring (bicyclic) bond motifs is 4. The summed E-state index contributed by atoms with van der Waals surface area (Å²) in [6, 6.07) is 12.7. The zero-order valence-corrected chi connectivity index (χ0v) is 20.7. The van der Waals surface area contributed by atoms with Gasteiger partial charge >= 0.3 is 0 Å². The molecule has 0 unspecified atom stereocenters. The van der Waals surface area contributed by atoms with Gasteiger partial charge in [0.05, 0.1) is 10.1 Å². The number of para-hydroxylation sites is 1. The molecule has 3 heterocycles. The van der Waals surface area contributed by atoms with Gasteiger partial charge in [-0.05, 0) is 63.6 Å². The summed E-state index contributed by atoms with van der Waals surface area (Å²) in [4.78, 5) is 15.5. The first-order chi connectivity index (χ1) is 16.1. The third-order valence-corrected chi connectivity index (χ3v) is 9.24. The molecule has 7 nitrogen and oxygen atoms in total. The van der Waals surface area contributed by atoms with Gasteiger partial charge in [0.2, 0.25) is 0 Å². The minimum Gasteiger partial charge on any atom is -0.482 e. The van der Waals surface area contributed by atoms with Crippen molar-refractivity contribution in [2.45, 2.75) is 56.3 Å². The topological polar surface area (TPSA) is 92.4 Å². The Balaban J connectivity index is 1.39. The van der Waals surface area contributed by atoms with E-state index in [0.29, 0.717) is 37.1 Å². The lowest BCUT2D eigenvalue weighted by Crippen LogP contribution is -2.49. The number of rotatable bonds is 3. The number of aryl methyl sites for hydroxylation is 2. The van der Waals surface area contributed by atoms with Crippen LogP contribution in [-0.4, -0.2) is 47.8 Å². The summed E-state index contributed by atoms with van der Waals surface area (Å²) in [7, 11) is -3.39. The molecule has 178 valence electrons. The van der Waals surface area contributed by atoms with Crippen LogP contribution in [0.3, 0.4) is 0 Å². The molecule has 8 heteroatoms. The van der Waals surface area contributed by atoms with Crippen LogP contribution in [0.25, 0.3) is 11.3 Å². The fourth-order valence-electron chi connectivity index (χ4n) is 5.11. The van der Waals surface area contributed by atoms with Gasteiger partial charge in [0, 0.05) is 48.3 Å². The summed E-state index contributed by atoms with van der Waals surface area (Å²) in [5.41, 5.74) is 4.66. The van der Waals surface area contributed by atoms with E-state index in [9.17, 15) is 13.2 Å². The van der Waals surface area contributed by atoms with E-state index in [-0.39, 0.29) is 10.8 Å². The summed E-state index contributed by atoms with van der Waals surface area (Å²) in [5.74, 6) is 0.736. The van der Waals surface area contributed by atoms with E-state index in [4.69, 9.17) is 4.74 Å². The van der Waals surface area contributed by atoms with Gasteiger partial charge < -0.3 is 9.64 Å². The van der Waals surface area contributed by atoms with Crippen LogP contribution in [0.1, 0.15) is 53.9 Å². The lowest BCUT2D eigenvalue weighted by atomic mass is 9.79. The second-order valence-corrected chi connectivity index (χ2v) is 12.0. The quantitative estimate of drug-likeness (QED) is 0.601. The predicted molar refractivity (Wildman–Crippen MR) is 130 cm³/mol. The van der Waals surface area contributed by atoms with Gasteiger partial charge in [-0.1, -0.05) is 12.1 Å². The second kappa shape index (κ2) is 7.98. The number of ether oxygens (including phenoxy) is 1. The largest absolute Gasteiger partial charge is 0.482 e. The van der Waals surface area contributed by atoms with Gasteiger partial charge in [-0.15, -0.1) is 0 Å². The number of likely N-dealkylation sites (tertiary alicyclic amines) is 1. The van der Waals surface area contributed by atoms with Gasteiger partial charge in [0.25, 0.3) is 5.91 Å². The molecule has 1 saturated heterocycles. The smallest absolute Gasteiger partial charge is 0.254 e. The Morgan fingerprint density at radius 1 is 1.12 bits per heavy atom. The first kappa shape index (κ1) is 22.7. The van der Waals surface area contributed by atoms with Crippen molar-refractivity contribution < 1.29 is 17.9 Å². The van der Waals surface area contributed by atoms with Gasteiger partial charge in [-0.3, -0.25) is 9.89 Å². The van der Waals surface area contributed by atoms with E-state index in [1.807, 2.05) is 36.1 Å². The second-order valence-electron chi connectivity index (χ2n) is 9.53. The number of piperidine rings is 1. The molecule has 5 rings (SSSR count). The van der Waals surface area contributed by atoms with E-state index in [1.54, 1.807) is 39.0 Å². The highest BCUT2D eigenvalue weighted by Gasteiger charge is 2.46. The minimum absolute atomic E-state index is 0.0822. The molecule has 0 atom stereocenters. The van der Waals surface area contributed by atoms with Crippen LogP contribution in [-0.2, 0) is 15.4 Å². The van der Waals surface area contributed by atoms with Crippen molar-refractivity contribution in [3.63, 3.8) is 0 Å². The molecule has 1 fully saturated rings. The molecule has 2 aliphatic rings. The Kier molecular flexibility index (Phi) is 5.31. The van der Waals surface area contributed by atoms with E-state index >= 15 is 0 Å². The van der Waals surface area contributed by atoms with E-state index in [0.717, 1.165) is 28.3 Å². The van der Waals surface area contributed by atoms with Crippen LogP contribution in [0.4, 0.5) is 0 Å². The molecule has 2 aliphatic heterocycles. The number of sulfone groups is 1. The molecule has 1 amide bonds. The first-order valence-electron chi connectivity index (χ1n) is 11.6. The Bertz CT molecular complexity index is 1380. The third-order valence-electron chi connectivity index (χ3n) is 7.09. The maximum Gasteiger partial charge on any atom is 0.254 e. The Hall–Kier alpha value is -3.13. The predicted octanol–water partition coefficient (Wildman–Crippen LogP) is 4.40. The molecule has 2 aromatic carbocycles. The molecular weight excluding hydrogens is 450 g/mol. The standard InChI is InChI=1S/C26H29N3O4S/c1-16(2)34(31,32)19-9-10-20(17(3)15-19)25(30)29-13-11-26(12-14-29)23-18(4)27-28-24(23)21-7-5-6-8-22(21)33-26/h5-10,15-16H,11-14H2,1-4H3,(H,27,28). The fourth-order valence-corrected chi connectivity index (χ4v) is 6.26. The maximum atomic E-state index is 13.4. The third kappa shape index (κ3) is 3.43. The summed E-state index contributed by atoms with van der Waals surface area (Å²) in [5, 5.41) is 7.18. The number of amides is 1. The number of nitrogens with one attached hydrogen (secondary N) is 1. The number of aromatic amines is 1. The average Bonchev–Trinajstić information content (AvgIpc) is 3.22. The SMILES string of the molecule is Cc1cc(S(=O)(=O)C(C)C)ccc1C(=O)N1CCC2(CC1)Oc1ccccc1-c1n[nH]c(C)c12. The van der Waals surface area contributed by atoms with Crippen LogP contribution < -0.4 is 4.74 Å². The van der Waals surface area contributed by atoms with Crippen LogP contribution >= 0.6 is 0 Å². The Labute approximate surface area is 200 Å². The van der Waals surface area contributed by atoms with E-state index in [1.165, 1.54) is 0 Å². The molecule has 1 spiro atoms. The first-order valence-corrected chi connectivity index (χ1v) is 13.2. The normalized spacial score (nSPS) is 16.8. The molecule has 34 heavy (non-hydrogen) atoms. The summed E-state index contributed by atoms with van der Waals surface area (Å²) in [6.07, 6.45) is 1.30. The van der Waals surface area contributed by atoms with E-state index in [2.05, 4.69) is 10.2 Å². The van der Waals surface area contributed by atoms with Gasteiger partial charge in [-0.2, -0.15) is 5.10 Å². The van der Waals surface area contributed by atoms with Crippen LogP contribution in [0, 0.1) is 13.8 Å². The molecule has 0 radical (unpaired) electrons. The average molecular weight is 480 g/mol. The Morgan fingerprint density at radius 3 is 2.50 bits per heavy atom. The highest BCUT2D eigenvalue weighted by Crippen LogP contribution is 2.49. The molecular formula is C26H29N3O4S. The monoisotopic (exact) mass is 479 g/mol. The molecule has 3 aromatic rings. The molecule has 0 aliphatic carbocycles. The molecule has 1 N–H and O–H groups in total. The zero-order valence-electron chi connectivity index (χ0n) is 19.9. The fraction of sp³-hybridized carbons (Fsp3) is 0.385. The maximum absolute atomic E-state index is 13.4. The van der Waals surface area contributed by atoms with Crippen molar-refractivity contribution in [2.75, 3.05) is 13.1 Å². The minimum atomic E-state index is -3.39. The zero-order chi connectivity index (χ0) is 24.3. The summed E-state index contributed by atoms with van der Waals surface area (Å²) < 4.78 is 31.6. The number of benzene rings is 2. The van der Waals surface area contributed by atoms with Crippen molar-refractivity contribution in [3.8, 4) is 17.0 Å². The number of carbonyl (C=O) groups is 1. The van der Waals surface area contributed by atoms with E-state index < -0.39 is 20.7 Å². The van der Waals surface area contributed by atoms with Gasteiger partial charge in [0.15, 0.2) is 9.84 Å². The number of nitrogens with zero attached hydrogens (tertiary/aromatic N) is 2. The lowest BCUT2D eigenvalue weighted by molar-refractivity contribution is -0.00204. The van der Waals surface area contributed by atoms with Crippen molar-refractivity contribution in [1.82, 2.24) is 15.1 Å². The molecule has 0 bridgehead atoms. The van der Waals surface area contributed by atoms with Crippen molar-refractivity contribution >= 4 is 15.7 Å². The number of carbonyl (C=O) groups excluding carboxylic acids is 1. The highest BCUT2D eigenvalue weighted by atomic mass is 32.2. The van der Waals surface area contributed by atoms with Gasteiger partial charge in [0.1, 0.15) is 17.0 Å².